The molecule has 2 aromatic rings. The van der Waals surface area contributed by atoms with Gasteiger partial charge in [-0.25, -0.2) is 13.5 Å². The smallest absolute Gasteiger partial charge is 0.264 e. The van der Waals surface area contributed by atoms with Crippen molar-refractivity contribution in [3.63, 3.8) is 0 Å². The van der Waals surface area contributed by atoms with Crippen molar-refractivity contribution in [3.8, 4) is 0 Å². The SMILES string of the molecule is Cc1ccc(S(=O)(=O)Nc2ccc(=O)[nH]n2)cc1N. The molecule has 0 unspecified atom stereocenters. The first kappa shape index (κ1) is 13.1. The van der Waals surface area contributed by atoms with Gasteiger partial charge in [-0.15, -0.1) is 0 Å². The van der Waals surface area contributed by atoms with Gasteiger partial charge in [-0.3, -0.25) is 9.52 Å². The Morgan fingerprint density at radius 1 is 1.26 bits per heavy atom. The van der Waals surface area contributed by atoms with E-state index in [-0.39, 0.29) is 10.7 Å². The van der Waals surface area contributed by atoms with E-state index in [1.165, 1.54) is 24.3 Å². The minimum Gasteiger partial charge on any atom is -0.398 e. The van der Waals surface area contributed by atoms with Crippen LogP contribution in [0.15, 0.2) is 40.0 Å². The number of nitrogens with two attached hydrogens (primary N) is 1. The van der Waals surface area contributed by atoms with E-state index in [0.717, 1.165) is 5.56 Å². The van der Waals surface area contributed by atoms with Crippen LogP contribution in [0.4, 0.5) is 11.5 Å². The van der Waals surface area contributed by atoms with Crippen LogP contribution in [-0.4, -0.2) is 18.6 Å². The number of hydrogen-bond donors (Lipinski definition) is 3. The number of rotatable bonds is 3. The van der Waals surface area contributed by atoms with Crippen molar-refractivity contribution in [1.82, 2.24) is 10.2 Å². The van der Waals surface area contributed by atoms with Crippen LogP contribution < -0.4 is 16.0 Å². The number of aryl methyl sites for hydroxylation is 1. The summed E-state index contributed by atoms with van der Waals surface area (Å²) in [6.07, 6.45) is 0. The van der Waals surface area contributed by atoms with Crippen LogP contribution in [0.3, 0.4) is 0 Å². The first-order valence-corrected chi connectivity index (χ1v) is 6.81. The van der Waals surface area contributed by atoms with Crippen LogP contribution >= 0.6 is 0 Å². The molecule has 0 bridgehead atoms. The number of aromatic nitrogens is 2. The molecule has 0 radical (unpaired) electrons. The number of benzene rings is 1. The van der Waals surface area contributed by atoms with Gasteiger partial charge in [0, 0.05) is 11.8 Å². The number of aromatic amines is 1. The molecule has 7 nitrogen and oxygen atoms in total. The first-order valence-electron chi connectivity index (χ1n) is 5.33. The van der Waals surface area contributed by atoms with Crippen molar-refractivity contribution in [1.29, 1.82) is 0 Å². The Balaban J connectivity index is 2.34. The predicted octanol–water partition coefficient (Wildman–Crippen LogP) is 0.461. The minimum absolute atomic E-state index is 0.0266. The van der Waals surface area contributed by atoms with Crippen molar-refractivity contribution in [2.24, 2.45) is 0 Å². The van der Waals surface area contributed by atoms with Crippen LogP contribution in [0.5, 0.6) is 0 Å². The van der Waals surface area contributed by atoms with E-state index < -0.39 is 15.6 Å². The second kappa shape index (κ2) is 4.73. The molecule has 1 aromatic heterocycles. The van der Waals surface area contributed by atoms with E-state index in [2.05, 4.69) is 14.9 Å². The molecule has 0 atom stereocenters. The Bertz CT molecular complexity index is 747. The highest BCUT2D eigenvalue weighted by Crippen LogP contribution is 2.18. The fraction of sp³-hybridized carbons (Fsp3) is 0.0909. The molecule has 19 heavy (non-hydrogen) atoms. The largest absolute Gasteiger partial charge is 0.398 e. The lowest BCUT2D eigenvalue weighted by atomic mass is 10.2. The lowest BCUT2D eigenvalue weighted by Crippen LogP contribution is -2.16. The van der Waals surface area contributed by atoms with Gasteiger partial charge in [-0.1, -0.05) is 6.07 Å². The summed E-state index contributed by atoms with van der Waals surface area (Å²) in [6.45, 7) is 1.78. The van der Waals surface area contributed by atoms with Gasteiger partial charge in [0.05, 0.1) is 4.90 Å². The number of hydrogen-bond acceptors (Lipinski definition) is 5. The zero-order valence-electron chi connectivity index (χ0n) is 10.0. The summed E-state index contributed by atoms with van der Waals surface area (Å²) in [5, 5.41) is 5.71. The van der Waals surface area contributed by atoms with Gasteiger partial charge in [-0.2, -0.15) is 5.10 Å². The van der Waals surface area contributed by atoms with Crippen LogP contribution in [0, 0.1) is 6.92 Å². The van der Waals surface area contributed by atoms with E-state index >= 15 is 0 Å². The van der Waals surface area contributed by atoms with Crippen molar-refractivity contribution in [2.45, 2.75) is 11.8 Å². The summed E-state index contributed by atoms with van der Waals surface area (Å²) in [5.74, 6) is 0.0266. The van der Waals surface area contributed by atoms with Crippen LogP contribution in [0.1, 0.15) is 5.56 Å². The first-order chi connectivity index (χ1) is 8.88. The summed E-state index contributed by atoms with van der Waals surface area (Å²) in [5.41, 5.74) is 6.44. The maximum atomic E-state index is 12.1. The van der Waals surface area contributed by atoms with Crippen molar-refractivity contribution >= 4 is 21.5 Å². The molecule has 0 spiro atoms. The Morgan fingerprint density at radius 3 is 2.58 bits per heavy atom. The second-order valence-corrected chi connectivity index (χ2v) is 5.61. The molecule has 0 saturated heterocycles. The summed E-state index contributed by atoms with van der Waals surface area (Å²) in [4.78, 5) is 10.9. The van der Waals surface area contributed by atoms with E-state index in [9.17, 15) is 13.2 Å². The van der Waals surface area contributed by atoms with Gasteiger partial charge in [0.2, 0.25) is 0 Å². The summed E-state index contributed by atoms with van der Waals surface area (Å²) < 4.78 is 26.3. The third-order valence-electron chi connectivity index (χ3n) is 2.48. The van der Waals surface area contributed by atoms with E-state index in [0.29, 0.717) is 5.69 Å². The molecule has 4 N–H and O–H groups in total. The molecular weight excluding hydrogens is 268 g/mol. The van der Waals surface area contributed by atoms with Crippen molar-refractivity contribution < 1.29 is 8.42 Å². The lowest BCUT2D eigenvalue weighted by Gasteiger charge is -2.08. The normalized spacial score (nSPS) is 11.2. The molecule has 0 fully saturated rings. The maximum absolute atomic E-state index is 12.1. The topological polar surface area (TPSA) is 118 Å². The maximum Gasteiger partial charge on any atom is 0.264 e. The lowest BCUT2D eigenvalue weighted by molar-refractivity contribution is 0.601. The minimum atomic E-state index is -3.78. The molecule has 8 heteroatoms. The molecule has 0 aliphatic rings. The Kier molecular flexibility index (Phi) is 3.26. The van der Waals surface area contributed by atoms with E-state index in [4.69, 9.17) is 5.73 Å². The third-order valence-corrected chi connectivity index (χ3v) is 3.83. The number of sulfonamides is 1. The fourth-order valence-corrected chi connectivity index (χ4v) is 2.42. The van der Waals surface area contributed by atoms with Gasteiger partial charge in [0.15, 0.2) is 5.82 Å². The number of nitrogens with one attached hydrogen (secondary N) is 2. The number of anilines is 2. The zero-order chi connectivity index (χ0) is 14.0. The molecule has 0 amide bonds. The standard InChI is InChI=1S/C11H12N4O3S/c1-7-2-3-8(6-9(7)12)19(17,18)15-10-4-5-11(16)14-13-10/h2-6H,12H2,1H3,(H,13,15)(H,14,16). The molecule has 1 heterocycles. The van der Waals surface area contributed by atoms with Crippen LogP contribution in [0.2, 0.25) is 0 Å². The molecular formula is C11H12N4O3S. The van der Waals surface area contributed by atoms with Crippen LogP contribution in [0.25, 0.3) is 0 Å². The molecule has 0 aliphatic carbocycles. The highest BCUT2D eigenvalue weighted by Gasteiger charge is 2.15. The summed E-state index contributed by atoms with van der Waals surface area (Å²) in [6, 6.07) is 6.87. The Morgan fingerprint density at radius 2 is 2.00 bits per heavy atom. The average molecular weight is 280 g/mol. The number of nitrogens with zero attached hydrogens (tertiary/aromatic N) is 1. The van der Waals surface area contributed by atoms with Crippen LogP contribution in [-0.2, 0) is 10.0 Å². The zero-order valence-corrected chi connectivity index (χ0v) is 10.9. The monoisotopic (exact) mass is 280 g/mol. The highest BCUT2D eigenvalue weighted by molar-refractivity contribution is 7.92. The molecule has 1 aromatic carbocycles. The van der Waals surface area contributed by atoms with Gasteiger partial charge < -0.3 is 5.73 Å². The van der Waals surface area contributed by atoms with Gasteiger partial charge >= 0.3 is 0 Å². The van der Waals surface area contributed by atoms with Gasteiger partial charge in [0.25, 0.3) is 15.6 Å². The highest BCUT2D eigenvalue weighted by atomic mass is 32.2. The Hall–Kier alpha value is -2.35. The van der Waals surface area contributed by atoms with Gasteiger partial charge in [0.1, 0.15) is 0 Å². The molecule has 0 saturated carbocycles. The van der Waals surface area contributed by atoms with Crippen molar-refractivity contribution in [2.75, 3.05) is 10.5 Å². The Labute approximate surface area is 109 Å². The predicted molar refractivity (Wildman–Crippen MR) is 71.3 cm³/mol. The molecule has 2 rings (SSSR count). The summed E-state index contributed by atoms with van der Waals surface area (Å²) >= 11 is 0. The van der Waals surface area contributed by atoms with Crippen molar-refractivity contribution in [3.05, 3.63) is 46.2 Å². The molecule has 0 aliphatic heterocycles. The van der Waals surface area contributed by atoms with E-state index in [1.807, 2.05) is 0 Å². The number of H-pyrrole nitrogens is 1. The second-order valence-electron chi connectivity index (χ2n) is 3.93. The fourth-order valence-electron chi connectivity index (χ4n) is 1.38. The van der Waals surface area contributed by atoms with Gasteiger partial charge in [-0.05, 0) is 30.7 Å². The quantitative estimate of drug-likeness (QED) is 0.706. The molecule has 100 valence electrons. The summed E-state index contributed by atoms with van der Waals surface area (Å²) in [7, 11) is -3.78. The third kappa shape index (κ3) is 2.91. The van der Waals surface area contributed by atoms with E-state index in [1.54, 1.807) is 13.0 Å². The average Bonchev–Trinajstić information content (AvgIpc) is 2.35. The number of nitrogen functional groups attached to an aromatic ring is 1.